The number of rotatable bonds is 9. The number of esters is 4. The van der Waals surface area contributed by atoms with Crippen molar-refractivity contribution in [2.24, 2.45) is 10.3 Å². The molecule has 0 saturated heterocycles. The van der Waals surface area contributed by atoms with E-state index in [0.29, 0.717) is 13.1 Å². The van der Waals surface area contributed by atoms with E-state index >= 15 is 0 Å². The lowest BCUT2D eigenvalue weighted by atomic mass is 10.3. The van der Waals surface area contributed by atoms with Gasteiger partial charge in [0.2, 0.25) is 0 Å². The van der Waals surface area contributed by atoms with Crippen molar-refractivity contribution in [1.29, 1.82) is 0 Å². The lowest BCUT2D eigenvalue weighted by molar-refractivity contribution is -0.153. The van der Waals surface area contributed by atoms with Gasteiger partial charge in [0.25, 0.3) is 0 Å². The molecule has 0 N–H and O–H groups in total. The van der Waals surface area contributed by atoms with Gasteiger partial charge in [-0.1, -0.05) is 5.22 Å². The third kappa shape index (κ3) is 8.57. The third-order valence-electron chi connectivity index (χ3n) is 2.87. The second kappa shape index (κ2) is 11.3. The molecule has 0 aliphatic carbocycles. The highest BCUT2D eigenvalue weighted by atomic mass is 16.6. The van der Waals surface area contributed by atoms with E-state index in [1.165, 1.54) is 14.2 Å². The number of carbonyl (C=O) groups excluding carboxylic acids is 4. The van der Waals surface area contributed by atoms with Crippen LogP contribution in [0.3, 0.4) is 0 Å². The van der Waals surface area contributed by atoms with Crippen molar-refractivity contribution in [3.63, 3.8) is 0 Å². The molecule has 1 heterocycles. The molecule has 11 heteroatoms. The Balaban J connectivity index is 2.59. The van der Waals surface area contributed by atoms with Gasteiger partial charge in [-0.15, -0.1) is 0 Å². The fraction of sp³-hybridized carbons (Fsp3) is 0.467. The second-order valence-electron chi connectivity index (χ2n) is 4.77. The van der Waals surface area contributed by atoms with E-state index in [1.54, 1.807) is 5.01 Å². The average Bonchev–Trinajstić information content (AvgIpc) is 3.14. The normalized spacial score (nSPS) is 14.5. The summed E-state index contributed by atoms with van der Waals surface area (Å²) in [6.45, 7) is 0.885. The van der Waals surface area contributed by atoms with Crippen LogP contribution in [-0.4, -0.2) is 75.5 Å². The Kier molecular flexibility index (Phi) is 9.07. The number of methoxy groups -OCH3 is 2. The molecule has 0 spiro atoms. The highest BCUT2D eigenvalue weighted by molar-refractivity contribution is 5.92. The van der Waals surface area contributed by atoms with Gasteiger partial charge in [-0.25, -0.2) is 19.2 Å². The Morgan fingerprint density at radius 1 is 0.962 bits per heavy atom. The monoisotopic (exact) mass is 369 g/mol. The zero-order valence-corrected chi connectivity index (χ0v) is 14.3. The van der Waals surface area contributed by atoms with Gasteiger partial charge in [0.05, 0.1) is 33.9 Å². The fourth-order valence-corrected chi connectivity index (χ4v) is 1.66. The summed E-state index contributed by atoms with van der Waals surface area (Å²) < 4.78 is 18.8. The first-order chi connectivity index (χ1) is 12.4. The molecule has 11 nitrogen and oxygen atoms in total. The lowest BCUT2D eigenvalue weighted by Crippen LogP contribution is -2.35. The van der Waals surface area contributed by atoms with Crippen molar-refractivity contribution < 1.29 is 38.1 Å². The van der Waals surface area contributed by atoms with Crippen LogP contribution >= 0.6 is 0 Å². The highest BCUT2D eigenvalue weighted by Gasteiger charge is 2.20. The molecule has 0 aromatic heterocycles. The van der Waals surface area contributed by atoms with Crippen LogP contribution in [0.5, 0.6) is 0 Å². The molecule has 1 aliphatic heterocycles. The summed E-state index contributed by atoms with van der Waals surface area (Å²) in [5.74, 6) is -3.07. The van der Waals surface area contributed by atoms with Crippen molar-refractivity contribution in [2.75, 3.05) is 40.5 Å². The van der Waals surface area contributed by atoms with E-state index in [2.05, 4.69) is 19.8 Å². The van der Waals surface area contributed by atoms with Crippen molar-refractivity contribution in [1.82, 2.24) is 5.01 Å². The van der Waals surface area contributed by atoms with Crippen LogP contribution in [0.4, 0.5) is 0 Å². The third-order valence-corrected chi connectivity index (χ3v) is 2.87. The van der Waals surface area contributed by atoms with E-state index in [1.807, 2.05) is 0 Å². The molecular formula is C15H19N3O8. The van der Waals surface area contributed by atoms with Crippen LogP contribution in [0.15, 0.2) is 34.6 Å². The van der Waals surface area contributed by atoms with Crippen LogP contribution in [0, 0.1) is 0 Å². The molecule has 1 atom stereocenters. The average molecular weight is 369 g/mol. The predicted octanol–water partition coefficient (Wildman–Crippen LogP) is -0.417. The minimum atomic E-state index is -0.864. The molecule has 0 bridgehead atoms. The Morgan fingerprint density at radius 2 is 1.54 bits per heavy atom. The van der Waals surface area contributed by atoms with Crippen LogP contribution < -0.4 is 0 Å². The van der Waals surface area contributed by atoms with Crippen molar-refractivity contribution in [3.05, 3.63) is 24.3 Å². The smallest absolute Gasteiger partial charge is 0.331 e. The first kappa shape index (κ1) is 20.8. The quantitative estimate of drug-likeness (QED) is 0.302. The molecule has 26 heavy (non-hydrogen) atoms. The van der Waals surface area contributed by atoms with Crippen LogP contribution in [-0.2, 0) is 38.1 Å². The second-order valence-corrected chi connectivity index (χ2v) is 4.77. The van der Waals surface area contributed by atoms with E-state index in [4.69, 9.17) is 9.47 Å². The Bertz CT molecular complexity index is 614. The molecule has 1 rings (SSSR count). The van der Waals surface area contributed by atoms with Crippen molar-refractivity contribution >= 4 is 23.9 Å². The Morgan fingerprint density at radius 3 is 2.08 bits per heavy atom. The van der Waals surface area contributed by atoms with Crippen molar-refractivity contribution in [2.45, 2.75) is 6.10 Å². The summed E-state index contributed by atoms with van der Waals surface area (Å²) in [6.07, 6.45) is 2.72. The summed E-state index contributed by atoms with van der Waals surface area (Å²) in [7, 11) is 2.33. The summed E-state index contributed by atoms with van der Waals surface area (Å²) in [4.78, 5) is 45.2. The molecule has 0 amide bonds. The minimum absolute atomic E-state index is 0.134. The molecular weight excluding hydrogens is 350 g/mol. The molecule has 0 aromatic rings. The standard InChI is InChI=1S/C15H19N3O8/c1-23-12(19)3-5-14(21)25-10-11(9-18-8-7-16-17-18)26-15(22)6-4-13(20)24-2/h3-6,11H,7-10H2,1-2H3/b5-3+,6-4+. The van der Waals surface area contributed by atoms with Gasteiger partial charge in [0, 0.05) is 24.3 Å². The van der Waals surface area contributed by atoms with Gasteiger partial charge in [0.15, 0.2) is 6.10 Å². The summed E-state index contributed by atoms with van der Waals surface area (Å²) in [5, 5.41) is 9.15. The van der Waals surface area contributed by atoms with Crippen LogP contribution in [0.1, 0.15) is 0 Å². The minimum Gasteiger partial charge on any atom is -0.466 e. The van der Waals surface area contributed by atoms with Gasteiger partial charge in [-0.3, -0.25) is 5.01 Å². The molecule has 0 radical (unpaired) electrons. The number of carbonyl (C=O) groups is 4. The first-order valence-electron chi connectivity index (χ1n) is 7.46. The Hall–Kier alpha value is -3.24. The molecule has 142 valence electrons. The van der Waals surface area contributed by atoms with Crippen molar-refractivity contribution in [3.8, 4) is 0 Å². The summed E-state index contributed by atoms with van der Waals surface area (Å²) >= 11 is 0. The molecule has 0 saturated carbocycles. The van der Waals surface area contributed by atoms with E-state index in [9.17, 15) is 19.2 Å². The van der Waals surface area contributed by atoms with Crippen LogP contribution in [0.25, 0.3) is 0 Å². The van der Waals surface area contributed by atoms with Gasteiger partial charge in [-0.2, -0.15) is 5.11 Å². The van der Waals surface area contributed by atoms with Gasteiger partial charge in [-0.05, 0) is 0 Å². The van der Waals surface area contributed by atoms with E-state index in [-0.39, 0.29) is 13.2 Å². The number of hydrogen-bond acceptors (Lipinski definition) is 11. The number of hydrogen-bond donors (Lipinski definition) is 0. The highest BCUT2D eigenvalue weighted by Crippen LogP contribution is 2.06. The predicted molar refractivity (Wildman–Crippen MR) is 84.4 cm³/mol. The Labute approximate surface area is 149 Å². The summed E-state index contributed by atoms with van der Waals surface area (Å²) in [6, 6.07) is 0. The molecule has 0 aromatic carbocycles. The SMILES string of the molecule is COC(=O)/C=C/C(=O)OCC(CN1CCN=N1)OC(=O)/C=C/C(=O)OC. The van der Waals surface area contributed by atoms with Gasteiger partial charge >= 0.3 is 23.9 Å². The number of nitrogens with zero attached hydrogens (tertiary/aromatic N) is 3. The van der Waals surface area contributed by atoms with E-state index in [0.717, 1.165) is 24.3 Å². The molecule has 1 unspecified atom stereocenters. The molecule has 0 fully saturated rings. The maximum absolute atomic E-state index is 11.7. The fourth-order valence-electron chi connectivity index (χ4n) is 1.66. The maximum atomic E-state index is 11.7. The van der Waals surface area contributed by atoms with Gasteiger partial charge in [0.1, 0.15) is 6.61 Å². The zero-order chi connectivity index (χ0) is 19.4. The van der Waals surface area contributed by atoms with Gasteiger partial charge < -0.3 is 18.9 Å². The lowest BCUT2D eigenvalue weighted by Gasteiger charge is -2.20. The zero-order valence-electron chi connectivity index (χ0n) is 14.3. The van der Waals surface area contributed by atoms with Crippen LogP contribution in [0.2, 0.25) is 0 Å². The first-order valence-corrected chi connectivity index (χ1v) is 7.46. The number of ether oxygens (including phenoxy) is 4. The molecule has 1 aliphatic rings. The topological polar surface area (TPSA) is 133 Å². The largest absolute Gasteiger partial charge is 0.466 e. The summed E-state index contributed by atoms with van der Waals surface area (Å²) in [5.41, 5.74) is 0. The maximum Gasteiger partial charge on any atom is 0.331 e. The van der Waals surface area contributed by atoms with E-state index < -0.39 is 30.0 Å².